The average Bonchev–Trinajstić information content (AvgIpc) is 2.64. The van der Waals surface area contributed by atoms with Crippen LogP contribution in [0.15, 0.2) is 18.2 Å². The van der Waals surface area contributed by atoms with Crippen molar-refractivity contribution in [2.75, 3.05) is 0 Å². The van der Waals surface area contributed by atoms with Crippen LogP contribution in [0.3, 0.4) is 0 Å². The van der Waals surface area contributed by atoms with Gasteiger partial charge in [0.05, 0.1) is 5.69 Å². The normalized spacial score (nSPS) is 10.6. The van der Waals surface area contributed by atoms with Gasteiger partial charge in [-0.25, -0.2) is 0 Å². The fourth-order valence-electron chi connectivity index (χ4n) is 1.54. The molecule has 5 heteroatoms. The number of nitrogens with zero attached hydrogens (tertiary/aromatic N) is 4. The van der Waals surface area contributed by atoms with Crippen LogP contribution in [0, 0.1) is 13.8 Å². The Balaban J connectivity index is 2.50. The molecule has 0 spiro atoms. The molecule has 0 fully saturated rings. The molecule has 0 saturated carbocycles. The summed E-state index contributed by atoms with van der Waals surface area (Å²) in [5, 5.41) is 11.4. The first kappa shape index (κ1) is 9.79. The number of aromatic nitrogens is 4. The van der Waals surface area contributed by atoms with Crippen molar-refractivity contribution in [3.8, 4) is 5.69 Å². The lowest BCUT2D eigenvalue weighted by molar-refractivity contribution is 0.774. The first-order chi connectivity index (χ1) is 7.22. The maximum Gasteiger partial charge on any atom is 0.153 e. The standard InChI is InChI=1S/C10H13N5/c1-7-5-9(6-11)3-4-10(7)15-8(2)12-13-14-15/h3-5H,6,11H2,1-2H3. The van der Waals surface area contributed by atoms with Crippen LogP contribution in [0.1, 0.15) is 17.0 Å². The van der Waals surface area contributed by atoms with Crippen molar-refractivity contribution in [1.82, 2.24) is 20.2 Å². The molecule has 78 valence electrons. The van der Waals surface area contributed by atoms with E-state index in [9.17, 15) is 0 Å². The smallest absolute Gasteiger partial charge is 0.153 e. The minimum absolute atomic E-state index is 0.551. The van der Waals surface area contributed by atoms with Gasteiger partial charge >= 0.3 is 0 Å². The molecule has 0 saturated heterocycles. The fourth-order valence-corrected chi connectivity index (χ4v) is 1.54. The van der Waals surface area contributed by atoms with Crippen LogP contribution in [0.2, 0.25) is 0 Å². The van der Waals surface area contributed by atoms with E-state index in [1.54, 1.807) is 4.68 Å². The summed E-state index contributed by atoms with van der Waals surface area (Å²) in [5.74, 6) is 0.776. The van der Waals surface area contributed by atoms with Crippen molar-refractivity contribution in [2.24, 2.45) is 5.73 Å². The quantitative estimate of drug-likeness (QED) is 0.781. The zero-order chi connectivity index (χ0) is 10.8. The summed E-state index contributed by atoms with van der Waals surface area (Å²) < 4.78 is 1.72. The molecule has 1 heterocycles. The molecule has 15 heavy (non-hydrogen) atoms. The highest BCUT2D eigenvalue weighted by atomic mass is 15.5. The van der Waals surface area contributed by atoms with E-state index in [4.69, 9.17) is 5.73 Å². The largest absolute Gasteiger partial charge is 0.326 e. The Hall–Kier alpha value is -1.75. The predicted molar refractivity (Wildman–Crippen MR) is 56.5 cm³/mol. The predicted octanol–water partition coefficient (Wildman–Crippen LogP) is 0.738. The van der Waals surface area contributed by atoms with Gasteiger partial charge in [-0.1, -0.05) is 12.1 Å². The number of tetrazole rings is 1. The minimum atomic E-state index is 0.551. The Morgan fingerprint density at radius 1 is 1.33 bits per heavy atom. The third kappa shape index (κ3) is 1.73. The van der Waals surface area contributed by atoms with Gasteiger partial charge in [0.15, 0.2) is 5.82 Å². The van der Waals surface area contributed by atoms with E-state index in [0.29, 0.717) is 6.54 Å². The zero-order valence-corrected chi connectivity index (χ0v) is 8.81. The summed E-state index contributed by atoms with van der Waals surface area (Å²) in [6.07, 6.45) is 0. The molecule has 0 amide bonds. The molecule has 0 atom stereocenters. The van der Waals surface area contributed by atoms with E-state index in [0.717, 1.165) is 22.6 Å². The maximum atomic E-state index is 5.57. The Bertz CT molecular complexity index is 474. The highest BCUT2D eigenvalue weighted by Crippen LogP contribution is 2.15. The van der Waals surface area contributed by atoms with E-state index >= 15 is 0 Å². The van der Waals surface area contributed by atoms with Crippen LogP contribution in [0.25, 0.3) is 5.69 Å². The van der Waals surface area contributed by atoms with Crippen molar-refractivity contribution in [1.29, 1.82) is 0 Å². The topological polar surface area (TPSA) is 69.6 Å². The van der Waals surface area contributed by atoms with Gasteiger partial charge in [-0.3, -0.25) is 0 Å². The van der Waals surface area contributed by atoms with E-state index in [2.05, 4.69) is 21.6 Å². The lowest BCUT2D eigenvalue weighted by Crippen LogP contribution is -2.04. The summed E-state index contributed by atoms with van der Waals surface area (Å²) in [5.41, 5.74) is 8.80. The highest BCUT2D eigenvalue weighted by Gasteiger charge is 2.06. The van der Waals surface area contributed by atoms with Crippen molar-refractivity contribution in [3.05, 3.63) is 35.2 Å². The minimum Gasteiger partial charge on any atom is -0.326 e. The Morgan fingerprint density at radius 2 is 2.13 bits per heavy atom. The molecule has 1 aromatic carbocycles. The van der Waals surface area contributed by atoms with Gasteiger partial charge in [0.1, 0.15) is 0 Å². The van der Waals surface area contributed by atoms with Gasteiger partial charge in [-0.15, -0.1) is 5.10 Å². The first-order valence-corrected chi connectivity index (χ1v) is 4.77. The van der Waals surface area contributed by atoms with Gasteiger partial charge in [0.2, 0.25) is 0 Å². The zero-order valence-electron chi connectivity index (χ0n) is 8.81. The summed E-state index contributed by atoms with van der Waals surface area (Å²) in [7, 11) is 0. The van der Waals surface area contributed by atoms with E-state index in [1.165, 1.54) is 0 Å². The van der Waals surface area contributed by atoms with E-state index < -0.39 is 0 Å². The molecule has 5 nitrogen and oxygen atoms in total. The second-order valence-corrected chi connectivity index (χ2v) is 3.46. The van der Waals surface area contributed by atoms with Crippen molar-refractivity contribution >= 4 is 0 Å². The van der Waals surface area contributed by atoms with Crippen molar-refractivity contribution < 1.29 is 0 Å². The van der Waals surface area contributed by atoms with Crippen molar-refractivity contribution in [3.63, 3.8) is 0 Å². The van der Waals surface area contributed by atoms with E-state index in [-0.39, 0.29) is 0 Å². The number of benzene rings is 1. The molecular formula is C10H13N5. The maximum absolute atomic E-state index is 5.57. The van der Waals surface area contributed by atoms with Gasteiger partial charge in [-0.2, -0.15) is 4.68 Å². The Labute approximate surface area is 87.9 Å². The number of rotatable bonds is 2. The molecule has 2 aromatic rings. The summed E-state index contributed by atoms with van der Waals surface area (Å²) in [4.78, 5) is 0. The molecule has 0 aliphatic rings. The SMILES string of the molecule is Cc1cc(CN)ccc1-n1nnnc1C. The Morgan fingerprint density at radius 3 is 2.67 bits per heavy atom. The van der Waals surface area contributed by atoms with Gasteiger partial charge in [0, 0.05) is 6.54 Å². The van der Waals surface area contributed by atoms with Crippen LogP contribution < -0.4 is 5.73 Å². The molecule has 2 rings (SSSR count). The number of hydrogen-bond acceptors (Lipinski definition) is 4. The second kappa shape index (κ2) is 3.78. The number of hydrogen-bond donors (Lipinski definition) is 1. The molecule has 0 radical (unpaired) electrons. The molecule has 0 aliphatic carbocycles. The van der Waals surface area contributed by atoms with Gasteiger partial charge in [0.25, 0.3) is 0 Å². The molecule has 1 aromatic heterocycles. The summed E-state index contributed by atoms with van der Waals surface area (Å²) in [6.45, 7) is 4.45. The van der Waals surface area contributed by atoms with Crippen LogP contribution in [-0.4, -0.2) is 20.2 Å². The third-order valence-corrected chi connectivity index (χ3v) is 2.35. The van der Waals surface area contributed by atoms with Crippen LogP contribution in [-0.2, 0) is 6.54 Å². The van der Waals surface area contributed by atoms with Crippen LogP contribution in [0.5, 0.6) is 0 Å². The monoisotopic (exact) mass is 203 g/mol. The fraction of sp³-hybridized carbons (Fsp3) is 0.300. The van der Waals surface area contributed by atoms with Crippen molar-refractivity contribution in [2.45, 2.75) is 20.4 Å². The number of aryl methyl sites for hydroxylation is 2. The van der Waals surface area contributed by atoms with Gasteiger partial charge in [-0.05, 0) is 41.5 Å². The van der Waals surface area contributed by atoms with Crippen LogP contribution in [0.4, 0.5) is 0 Å². The molecule has 0 bridgehead atoms. The Kier molecular flexibility index (Phi) is 2.47. The third-order valence-electron chi connectivity index (χ3n) is 2.35. The molecule has 0 aliphatic heterocycles. The first-order valence-electron chi connectivity index (χ1n) is 4.77. The number of nitrogens with two attached hydrogens (primary N) is 1. The summed E-state index contributed by atoms with van der Waals surface area (Å²) >= 11 is 0. The van der Waals surface area contributed by atoms with Gasteiger partial charge < -0.3 is 5.73 Å². The molecule has 0 unspecified atom stereocenters. The second-order valence-electron chi connectivity index (χ2n) is 3.46. The highest BCUT2D eigenvalue weighted by molar-refractivity contribution is 5.42. The average molecular weight is 203 g/mol. The lowest BCUT2D eigenvalue weighted by Gasteiger charge is -2.07. The van der Waals surface area contributed by atoms with E-state index in [1.807, 2.05) is 26.0 Å². The van der Waals surface area contributed by atoms with Crippen LogP contribution >= 0.6 is 0 Å². The molecular weight excluding hydrogens is 190 g/mol. The molecule has 2 N–H and O–H groups in total. The lowest BCUT2D eigenvalue weighted by atomic mass is 10.1. The summed E-state index contributed by atoms with van der Waals surface area (Å²) in [6, 6.07) is 6.03.